The van der Waals surface area contributed by atoms with Crippen LogP contribution in [0.1, 0.15) is 30.1 Å². The van der Waals surface area contributed by atoms with Gasteiger partial charge in [-0.25, -0.2) is 19.2 Å². The summed E-state index contributed by atoms with van der Waals surface area (Å²) in [6.07, 6.45) is 5.06. The van der Waals surface area contributed by atoms with Crippen molar-refractivity contribution >= 4 is 17.6 Å². The molecule has 2 aromatic rings. The van der Waals surface area contributed by atoms with Crippen molar-refractivity contribution < 1.29 is 13.9 Å². The summed E-state index contributed by atoms with van der Waals surface area (Å²) in [4.78, 5) is 22.1. The molecule has 0 radical (unpaired) electrons. The van der Waals surface area contributed by atoms with E-state index in [1.807, 2.05) is 4.90 Å². The molecular weight excluding hydrogens is 323 g/mol. The topological polar surface area (TPSA) is 67.3 Å². The van der Waals surface area contributed by atoms with Gasteiger partial charge in [0, 0.05) is 31.5 Å². The summed E-state index contributed by atoms with van der Waals surface area (Å²) in [7, 11) is 0. The Bertz CT molecular complexity index is 718. The molecular formula is C18H21FN4O2. The van der Waals surface area contributed by atoms with Gasteiger partial charge in [0.25, 0.3) is 0 Å². The highest BCUT2D eigenvalue weighted by molar-refractivity contribution is 5.91. The lowest BCUT2D eigenvalue weighted by molar-refractivity contribution is 0.0521. The molecule has 2 heterocycles. The van der Waals surface area contributed by atoms with Gasteiger partial charge in [0.15, 0.2) is 5.82 Å². The van der Waals surface area contributed by atoms with Crippen LogP contribution in [0.25, 0.3) is 0 Å². The second-order valence-corrected chi connectivity index (χ2v) is 5.84. The normalized spacial score (nSPS) is 15.0. The maximum Gasteiger partial charge on any atom is 0.341 e. The summed E-state index contributed by atoms with van der Waals surface area (Å²) in [6.45, 7) is 3.30. The number of carbonyl (C=O) groups is 1. The van der Waals surface area contributed by atoms with Crippen molar-refractivity contribution in [1.82, 2.24) is 9.97 Å². The molecule has 6 nitrogen and oxygen atoms in total. The van der Waals surface area contributed by atoms with Crippen LogP contribution in [-0.2, 0) is 4.74 Å². The third-order valence-corrected chi connectivity index (χ3v) is 4.21. The number of carbonyl (C=O) groups excluding carboxylic acids is 1. The van der Waals surface area contributed by atoms with E-state index in [1.54, 1.807) is 37.5 Å². The first-order chi connectivity index (χ1) is 12.2. The minimum atomic E-state index is -0.625. The zero-order valence-electron chi connectivity index (χ0n) is 14.1. The second-order valence-electron chi connectivity index (χ2n) is 5.84. The van der Waals surface area contributed by atoms with Crippen LogP contribution in [0.5, 0.6) is 0 Å². The monoisotopic (exact) mass is 344 g/mol. The predicted octanol–water partition coefficient (Wildman–Crippen LogP) is 2.87. The van der Waals surface area contributed by atoms with Gasteiger partial charge in [-0.15, -0.1) is 0 Å². The summed E-state index contributed by atoms with van der Waals surface area (Å²) in [6, 6.07) is 6.86. The van der Waals surface area contributed by atoms with Crippen LogP contribution in [0.3, 0.4) is 0 Å². The Kier molecular flexibility index (Phi) is 5.42. The Morgan fingerprint density at radius 2 is 2.00 bits per heavy atom. The Morgan fingerprint density at radius 3 is 2.68 bits per heavy atom. The Balaban J connectivity index is 1.65. The van der Waals surface area contributed by atoms with Gasteiger partial charge in [-0.1, -0.05) is 6.07 Å². The van der Waals surface area contributed by atoms with Crippen LogP contribution in [0, 0.1) is 5.82 Å². The zero-order chi connectivity index (χ0) is 17.6. The van der Waals surface area contributed by atoms with Crippen LogP contribution in [0.4, 0.5) is 16.0 Å². The lowest BCUT2D eigenvalue weighted by Crippen LogP contribution is -2.40. The Hall–Kier alpha value is -2.70. The maximum absolute atomic E-state index is 14.7. The van der Waals surface area contributed by atoms with E-state index in [0.717, 1.165) is 12.8 Å². The van der Waals surface area contributed by atoms with E-state index in [2.05, 4.69) is 15.3 Å². The Morgan fingerprint density at radius 1 is 1.28 bits per heavy atom. The van der Waals surface area contributed by atoms with E-state index in [0.29, 0.717) is 24.7 Å². The minimum Gasteiger partial charge on any atom is -0.462 e. The molecule has 1 saturated heterocycles. The first-order valence-electron chi connectivity index (χ1n) is 8.43. The molecule has 25 heavy (non-hydrogen) atoms. The van der Waals surface area contributed by atoms with Crippen molar-refractivity contribution in [2.75, 3.05) is 29.9 Å². The number of aromatic nitrogens is 2. The van der Waals surface area contributed by atoms with Gasteiger partial charge in [-0.05, 0) is 38.0 Å². The highest BCUT2D eigenvalue weighted by atomic mass is 19.1. The van der Waals surface area contributed by atoms with E-state index in [9.17, 15) is 9.18 Å². The number of piperidine rings is 1. The zero-order valence-corrected chi connectivity index (χ0v) is 14.1. The van der Waals surface area contributed by atoms with Gasteiger partial charge in [-0.3, -0.25) is 0 Å². The van der Waals surface area contributed by atoms with Crippen molar-refractivity contribution in [3.63, 3.8) is 0 Å². The summed E-state index contributed by atoms with van der Waals surface area (Å²) < 4.78 is 19.6. The number of nitrogens with one attached hydrogen (secondary N) is 1. The van der Waals surface area contributed by atoms with Crippen LogP contribution in [0.2, 0.25) is 0 Å². The van der Waals surface area contributed by atoms with Crippen LogP contribution < -0.4 is 10.2 Å². The third kappa shape index (κ3) is 4.04. The van der Waals surface area contributed by atoms with Gasteiger partial charge >= 0.3 is 5.97 Å². The fraction of sp³-hybridized carbons (Fsp3) is 0.389. The van der Waals surface area contributed by atoms with Gasteiger partial charge in [0.2, 0.25) is 5.95 Å². The average molecular weight is 344 g/mol. The first kappa shape index (κ1) is 17.1. The molecule has 3 rings (SSSR count). The molecule has 0 unspecified atom stereocenters. The van der Waals surface area contributed by atoms with Gasteiger partial charge in [0.1, 0.15) is 0 Å². The number of esters is 1. The predicted molar refractivity (Wildman–Crippen MR) is 93.2 cm³/mol. The largest absolute Gasteiger partial charge is 0.462 e. The molecule has 0 saturated carbocycles. The van der Waals surface area contributed by atoms with Gasteiger partial charge < -0.3 is 15.0 Å². The summed E-state index contributed by atoms with van der Waals surface area (Å²) in [5.74, 6) is -0.533. The molecule has 1 aliphatic rings. The van der Waals surface area contributed by atoms with Crippen molar-refractivity contribution in [2.45, 2.75) is 25.8 Å². The van der Waals surface area contributed by atoms with Crippen LogP contribution in [-0.4, -0.2) is 41.7 Å². The lowest BCUT2D eigenvalue weighted by atomic mass is 10.0. The second kappa shape index (κ2) is 7.92. The fourth-order valence-corrected chi connectivity index (χ4v) is 2.95. The number of hydrogen-bond acceptors (Lipinski definition) is 6. The van der Waals surface area contributed by atoms with E-state index in [-0.39, 0.29) is 18.2 Å². The third-order valence-electron chi connectivity index (χ3n) is 4.21. The Labute approximate surface area is 146 Å². The van der Waals surface area contributed by atoms with Crippen molar-refractivity contribution in [3.8, 4) is 0 Å². The van der Waals surface area contributed by atoms with Crippen molar-refractivity contribution in [1.29, 1.82) is 0 Å². The molecule has 1 N–H and O–H groups in total. The lowest BCUT2D eigenvalue weighted by Gasteiger charge is -2.34. The summed E-state index contributed by atoms with van der Waals surface area (Å²) >= 11 is 0. The minimum absolute atomic E-state index is 0.0164. The molecule has 1 aromatic heterocycles. The number of halogens is 1. The fourth-order valence-electron chi connectivity index (χ4n) is 2.95. The smallest absolute Gasteiger partial charge is 0.341 e. The summed E-state index contributed by atoms with van der Waals surface area (Å²) in [5.41, 5.74) is 0.428. The molecule has 132 valence electrons. The molecule has 1 aromatic carbocycles. The molecule has 0 aliphatic carbocycles. The van der Waals surface area contributed by atoms with E-state index < -0.39 is 11.8 Å². The van der Waals surface area contributed by atoms with Crippen LogP contribution >= 0.6 is 0 Å². The molecule has 7 heteroatoms. The maximum atomic E-state index is 14.7. The van der Waals surface area contributed by atoms with Gasteiger partial charge in [0.05, 0.1) is 17.9 Å². The molecule has 1 aliphatic heterocycles. The number of hydrogen-bond donors (Lipinski definition) is 1. The average Bonchev–Trinajstić information content (AvgIpc) is 2.64. The molecule has 0 bridgehead atoms. The number of benzene rings is 1. The molecule has 0 spiro atoms. The standard InChI is InChI=1S/C18H21FN4O2/c1-2-25-17(24)14-5-3-6-15(16(14)19)23-11-7-13(8-12-23)22-18-20-9-4-10-21-18/h3-6,9-10,13H,2,7-8,11-12H2,1H3,(H,20,21,22). The van der Waals surface area contributed by atoms with E-state index in [4.69, 9.17) is 4.74 Å². The molecule has 0 amide bonds. The number of anilines is 2. The highest BCUT2D eigenvalue weighted by Crippen LogP contribution is 2.26. The first-order valence-corrected chi connectivity index (χ1v) is 8.43. The van der Waals surface area contributed by atoms with Crippen molar-refractivity contribution in [3.05, 3.63) is 48.0 Å². The van der Waals surface area contributed by atoms with Crippen LogP contribution in [0.15, 0.2) is 36.7 Å². The quantitative estimate of drug-likeness (QED) is 0.841. The number of nitrogens with zero attached hydrogens (tertiary/aromatic N) is 3. The molecule has 0 atom stereocenters. The molecule has 1 fully saturated rings. The number of ether oxygens (including phenoxy) is 1. The van der Waals surface area contributed by atoms with E-state index >= 15 is 0 Å². The van der Waals surface area contributed by atoms with Gasteiger partial charge in [-0.2, -0.15) is 0 Å². The van der Waals surface area contributed by atoms with Crippen molar-refractivity contribution in [2.24, 2.45) is 0 Å². The summed E-state index contributed by atoms with van der Waals surface area (Å²) in [5, 5.41) is 3.30. The number of rotatable bonds is 5. The van der Waals surface area contributed by atoms with E-state index in [1.165, 1.54) is 6.07 Å². The highest BCUT2D eigenvalue weighted by Gasteiger charge is 2.24. The SMILES string of the molecule is CCOC(=O)c1cccc(N2CCC(Nc3ncccn3)CC2)c1F.